The van der Waals surface area contributed by atoms with Gasteiger partial charge >= 0.3 is 6.03 Å². The standard InChI is InChI=1S/C28H36N6O4/c1-20-18-24(34(37)38)4-5-25(20)32-10-7-22(8-11-32)19-30-13-15-31(16-14-30)23-3-6-26(21(2)17-23)33-12-9-27(35)29-28(33)36/h3-6,17-18,22H,7-16,19H2,1-2H3,(H,29,35,36). The van der Waals surface area contributed by atoms with Crippen LogP contribution >= 0.6 is 0 Å². The van der Waals surface area contributed by atoms with Gasteiger partial charge in [-0.1, -0.05) is 0 Å². The Hall–Kier alpha value is -3.66. The fourth-order valence-electron chi connectivity index (χ4n) is 5.95. The fourth-order valence-corrected chi connectivity index (χ4v) is 5.95. The number of imide groups is 1. The van der Waals surface area contributed by atoms with E-state index in [9.17, 15) is 19.7 Å². The summed E-state index contributed by atoms with van der Waals surface area (Å²) >= 11 is 0. The van der Waals surface area contributed by atoms with Crippen molar-refractivity contribution in [2.24, 2.45) is 5.92 Å². The first-order valence-electron chi connectivity index (χ1n) is 13.5. The van der Waals surface area contributed by atoms with E-state index in [1.54, 1.807) is 17.0 Å². The number of nitro benzene ring substituents is 1. The Labute approximate surface area is 223 Å². The Morgan fingerprint density at radius 3 is 2.18 bits per heavy atom. The number of amides is 3. The molecule has 0 unspecified atom stereocenters. The average Bonchev–Trinajstić information content (AvgIpc) is 2.90. The van der Waals surface area contributed by atoms with Crippen LogP contribution in [0.2, 0.25) is 0 Å². The number of piperidine rings is 1. The number of rotatable bonds is 6. The van der Waals surface area contributed by atoms with Gasteiger partial charge in [0.25, 0.3) is 5.69 Å². The summed E-state index contributed by atoms with van der Waals surface area (Å²) in [7, 11) is 0. The van der Waals surface area contributed by atoms with Crippen LogP contribution in [0.25, 0.3) is 0 Å². The van der Waals surface area contributed by atoms with E-state index < -0.39 is 0 Å². The smallest absolute Gasteiger partial charge is 0.328 e. The molecule has 0 bridgehead atoms. The molecule has 38 heavy (non-hydrogen) atoms. The molecule has 0 atom stereocenters. The van der Waals surface area contributed by atoms with Gasteiger partial charge in [0.15, 0.2) is 0 Å². The predicted molar refractivity (Wildman–Crippen MR) is 148 cm³/mol. The summed E-state index contributed by atoms with van der Waals surface area (Å²) in [5.41, 5.74) is 5.28. The summed E-state index contributed by atoms with van der Waals surface area (Å²) in [4.78, 5) is 43.4. The number of carbonyl (C=O) groups excluding carboxylic acids is 2. The predicted octanol–water partition coefficient (Wildman–Crippen LogP) is 3.70. The Balaban J connectivity index is 1.10. The van der Waals surface area contributed by atoms with Gasteiger partial charge in [-0.15, -0.1) is 0 Å². The molecular formula is C28H36N6O4. The van der Waals surface area contributed by atoms with Crippen molar-refractivity contribution in [1.82, 2.24) is 10.2 Å². The SMILES string of the molecule is Cc1cc([N+](=O)[O-])ccc1N1CCC(CN2CCN(c3ccc(N4CCC(=O)NC4=O)c(C)c3)CC2)CC1. The second-order valence-electron chi connectivity index (χ2n) is 10.7. The van der Waals surface area contributed by atoms with Crippen molar-refractivity contribution in [2.45, 2.75) is 33.1 Å². The largest absolute Gasteiger partial charge is 0.371 e. The van der Waals surface area contributed by atoms with Crippen LogP contribution in [-0.4, -0.2) is 74.1 Å². The molecule has 0 saturated carbocycles. The zero-order valence-electron chi connectivity index (χ0n) is 22.2. The normalized spacial score (nSPS) is 19.6. The molecule has 3 amide bonds. The van der Waals surface area contributed by atoms with Gasteiger partial charge in [0.1, 0.15) is 0 Å². The van der Waals surface area contributed by atoms with Crippen LogP contribution in [0, 0.1) is 29.9 Å². The van der Waals surface area contributed by atoms with Crippen molar-refractivity contribution >= 4 is 34.7 Å². The van der Waals surface area contributed by atoms with E-state index in [1.807, 2.05) is 26.0 Å². The highest BCUT2D eigenvalue weighted by Crippen LogP contribution is 2.30. The van der Waals surface area contributed by atoms with Crippen molar-refractivity contribution < 1.29 is 14.5 Å². The quantitative estimate of drug-likeness (QED) is 0.458. The highest BCUT2D eigenvalue weighted by molar-refractivity contribution is 6.06. The molecule has 3 heterocycles. The number of carbonyl (C=O) groups is 2. The number of nitro groups is 1. The minimum absolute atomic E-state index is 0.151. The third-order valence-corrected chi connectivity index (χ3v) is 8.13. The Morgan fingerprint density at radius 1 is 0.868 bits per heavy atom. The van der Waals surface area contributed by atoms with E-state index in [1.165, 1.54) is 5.69 Å². The monoisotopic (exact) mass is 520 g/mol. The molecule has 0 aliphatic carbocycles. The second-order valence-corrected chi connectivity index (χ2v) is 10.7. The van der Waals surface area contributed by atoms with Crippen LogP contribution in [0.15, 0.2) is 36.4 Å². The van der Waals surface area contributed by atoms with Crippen LogP contribution in [0.5, 0.6) is 0 Å². The molecule has 2 aromatic rings. The third-order valence-electron chi connectivity index (χ3n) is 8.13. The lowest BCUT2D eigenvalue weighted by atomic mass is 9.95. The van der Waals surface area contributed by atoms with Gasteiger partial charge in [-0.25, -0.2) is 4.79 Å². The molecule has 2 aromatic carbocycles. The highest BCUT2D eigenvalue weighted by atomic mass is 16.6. The molecule has 10 nitrogen and oxygen atoms in total. The number of nitrogens with zero attached hydrogens (tertiary/aromatic N) is 5. The first-order valence-corrected chi connectivity index (χ1v) is 13.5. The summed E-state index contributed by atoms with van der Waals surface area (Å²) < 4.78 is 0. The zero-order valence-corrected chi connectivity index (χ0v) is 22.2. The number of aryl methyl sites for hydroxylation is 2. The Bertz CT molecular complexity index is 1220. The summed E-state index contributed by atoms with van der Waals surface area (Å²) in [6, 6.07) is 11.0. The van der Waals surface area contributed by atoms with E-state index in [4.69, 9.17) is 0 Å². The van der Waals surface area contributed by atoms with Crippen LogP contribution < -0.4 is 20.0 Å². The van der Waals surface area contributed by atoms with E-state index in [0.29, 0.717) is 18.9 Å². The summed E-state index contributed by atoms with van der Waals surface area (Å²) in [6.45, 7) is 11.5. The number of hydrogen-bond donors (Lipinski definition) is 1. The molecule has 3 aliphatic rings. The maximum Gasteiger partial charge on any atom is 0.328 e. The minimum atomic E-state index is -0.348. The average molecular weight is 521 g/mol. The van der Waals surface area contributed by atoms with Crippen LogP contribution in [0.1, 0.15) is 30.4 Å². The van der Waals surface area contributed by atoms with E-state index in [-0.39, 0.29) is 22.5 Å². The topological polar surface area (TPSA) is 102 Å². The van der Waals surface area contributed by atoms with Gasteiger partial charge in [0, 0.05) is 88.0 Å². The Morgan fingerprint density at radius 2 is 1.55 bits per heavy atom. The highest BCUT2D eigenvalue weighted by Gasteiger charge is 2.27. The molecule has 3 aliphatic heterocycles. The fraction of sp³-hybridized carbons (Fsp3) is 0.500. The van der Waals surface area contributed by atoms with Crippen molar-refractivity contribution in [2.75, 3.05) is 67.1 Å². The third kappa shape index (κ3) is 5.60. The number of nitrogens with one attached hydrogen (secondary N) is 1. The second kappa shape index (κ2) is 11.0. The van der Waals surface area contributed by atoms with E-state index in [2.05, 4.69) is 32.1 Å². The molecule has 3 saturated heterocycles. The molecule has 0 spiro atoms. The molecule has 202 valence electrons. The molecule has 1 N–H and O–H groups in total. The lowest BCUT2D eigenvalue weighted by Crippen LogP contribution is -2.50. The first-order chi connectivity index (χ1) is 18.3. The lowest BCUT2D eigenvalue weighted by Gasteiger charge is -2.40. The molecule has 0 radical (unpaired) electrons. The summed E-state index contributed by atoms with van der Waals surface area (Å²) in [5, 5.41) is 13.4. The molecule has 5 rings (SSSR count). The van der Waals surface area contributed by atoms with Crippen LogP contribution in [0.3, 0.4) is 0 Å². The van der Waals surface area contributed by atoms with E-state index in [0.717, 1.165) is 81.2 Å². The number of piperazine rings is 1. The van der Waals surface area contributed by atoms with Gasteiger partial charge in [-0.2, -0.15) is 0 Å². The molecule has 10 heteroatoms. The molecular weight excluding hydrogens is 484 g/mol. The maximum absolute atomic E-state index is 12.2. The van der Waals surface area contributed by atoms with Gasteiger partial charge in [-0.05, 0) is 68.0 Å². The van der Waals surface area contributed by atoms with Crippen molar-refractivity contribution in [1.29, 1.82) is 0 Å². The van der Waals surface area contributed by atoms with Gasteiger partial charge < -0.3 is 9.80 Å². The van der Waals surface area contributed by atoms with Crippen LogP contribution in [-0.2, 0) is 4.79 Å². The van der Waals surface area contributed by atoms with Crippen molar-refractivity contribution in [3.05, 3.63) is 57.6 Å². The first kappa shape index (κ1) is 26.0. The number of non-ortho nitro benzene ring substituents is 1. The molecule has 0 aromatic heterocycles. The van der Waals surface area contributed by atoms with Crippen molar-refractivity contribution in [3.8, 4) is 0 Å². The van der Waals surface area contributed by atoms with E-state index >= 15 is 0 Å². The van der Waals surface area contributed by atoms with Gasteiger partial charge in [-0.3, -0.25) is 30.0 Å². The number of anilines is 3. The van der Waals surface area contributed by atoms with Gasteiger partial charge in [0.2, 0.25) is 5.91 Å². The zero-order chi connectivity index (χ0) is 26.8. The Kier molecular flexibility index (Phi) is 7.51. The maximum atomic E-state index is 12.2. The number of urea groups is 1. The minimum Gasteiger partial charge on any atom is -0.371 e. The summed E-state index contributed by atoms with van der Waals surface area (Å²) in [6.07, 6.45) is 2.59. The molecule has 3 fully saturated rings. The van der Waals surface area contributed by atoms with Crippen LogP contribution in [0.4, 0.5) is 27.5 Å². The van der Waals surface area contributed by atoms with Gasteiger partial charge in [0.05, 0.1) is 4.92 Å². The summed E-state index contributed by atoms with van der Waals surface area (Å²) in [5.74, 6) is 0.448. The number of benzene rings is 2. The lowest BCUT2D eigenvalue weighted by molar-refractivity contribution is -0.384. The number of hydrogen-bond acceptors (Lipinski definition) is 7. The van der Waals surface area contributed by atoms with Crippen molar-refractivity contribution in [3.63, 3.8) is 0 Å².